The molecule has 1 radical (unpaired) electrons. The number of hydrogen-bond acceptors (Lipinski definition) is 0. The summed E-state index contributed by atoms with van der Waals surface area (Å²) < 4.78 is 0. The molecule has 0 unspecified atom stereocenters. The zero-order valence-corrected chi connectivity index (χ0v) is 6.66. The van der Waals surface area contributed by atoms with Crippen molar-refractivity contribution in [1.82, 2.24) is 0 Å². The first-order valence-electron chi connectivity index (χ1n) is 0. The second-order valence-electron chi connectivity index (χ2n) is 0. The van der Waals surface area contributed by atoms with Crippen LogP contribution < -0.4 is 0 Å². The molecule has 0 spiro atoms. The number of hydrogen-bond donors (Lipinski definition) is 0. The van der Waals surface area contributed by atoms with Crippen molar-refractivity contribution in [3.8, 4) is 0 Å². The molecule has 0 aliphatic carbocycles. The van der Waals surface area contributed by atoms with Gasteiger partial charge in [0.1, 0.15) is 0 Å². The second kappa shape index (κ2) is 20.6. The Morgan fingerprint density at radius 3 is 0.750 bits per heavy atom. The molecule has 33 valence electrons. The van der Waals surface area contributed by atoms with Crippen molar-refractivity contribution < 1.29 is 38.1 Å². The Bertz CT molecular complexity index is 6.00. The maximum Gasteiger partial charge on any atom is 0 e. The molecule has 0 rings (SSSR count). The molecule has 4 heteroatoms. The molecule has 0 fully saturated rings. The van der Waals surface area contributed by atoms with Gasteiger partial charge in [0.15, 0.2) is 0 Å². The maximum atomic E-state index is 0. The van der Waals surface area contributed by atoms with E-state index < -0.39 is 0 Å². The van der Waals surface area contributed by atoms with Gasteiger partial charge in [0, 0.05) is 38.1 Å². The Balaban J connectivity index is 0. The van der Waals surface area contributed by atoms with Crippen LogP contribution >= 0.6 is 27.0 Å². The Morgan fingerprint density at radius 1 is 0.750 bits per heavy atom. The fraction of sp³-hybridized carbons (Fsp3) is 0. The van der Waals surface area contributed by atoms with E-state index in [1.165, 1.54) is 0 Å². The minimum atomic E-state index is 0. The van der Waals surface area contributed by atoms with E-state index in [0.717, 1.165) is 0 Å². The molecule has 0 aliphatic rings. The van der Waals surface area contributed by atoms with E-state index in [9.17, 15) is 0 Å². The van der Waals surface area contributed by atoms with E-state index in [1.54, 1.807) is 0 Å². The first kappa shape index (κ1) is 39.1. The molecule has 0 aliphatic heterocycles. The van der Waals surface area contributed by atoms with Gasteiger partial charge in [0.25, 0.3) is 0 Å². The van der Waals surface area contributed by atoms with Crippen LogP contribution in [0.5, 0.6) is 0 Å². The van der Waals surface area contributed by atoms with Gasteiger partial charge in [-0.2, -0.15) is 27.0 Å². The summed E-state index contributed by atoms with van der Waals surface area (Å²) in [6, 6.07) is 0. The van der Waals surface area contributed by atoms with Gasteiger partial charge in [-0.15, -0.1) is 0 Å². The van der Waals surface area contributed by atoms with E-state index in [-0.39, 0.29) is 65.1 Å². The van der Waals surface area contributed by atoms with Crippen molar-refractivity contribution in [3.63, 3.8) is 0 Å². The van der Waals surface area contributed by atoms with Crippen LogP contribution in [0.4, 0.5) is 0 Å². The molecule has 0 atom stereocenters. The standard InChI is InChI=1S/Cu.Mo.2H2S/h;;2*1H2. The molecular weight excluding hydrogens is 224 g/mol. The molecule has 0 amide bonds. The fourth-order valence-corrected chi connectivity index (χ4v) is 0. The summed E-state index contributed by atoms with van der Waals surface area (Å²) in [7, 11) is 0. The topological polar surface area (TPSA) is 0 Å². The van der Waals surface area contributed by atoms with Crippen LogP contribution in [0, 0.1) is 0 Å². The first-order chi connectivity index (χ1) is 0. The smallest absolute Gasteiger partial charge is 0 e. The van der Waals surface area contributed by atoms with Crippen LogP contribution in [0.25, 0.3) is 0 Å². The molecule has 0 aromatic carbocycles. The van der Waals surface area contributed by atoms with Crippen LogP contribution in [-0.4, -0.2) is 0 Å². The van der Waals surface area contributed by atoms with Crippen LogP contribution in [0.15, 0.2) is 0 Å². The van der Waals surface area contributed by atoms with Gasteiger partial charge in [-0.05, 0) is 0 Å². The average molecular weight is 228 g/mol. The van der Waals surface area contributed by atoms with Crippen molar-refractivity contribution in [2.75, 3.05) is 0 Å². The number of rotatable bonds is 0. The zero-order valence-electron chi connectivity index (χ0n) is 1.71. The molecule has 0 saturated carbocycles. The van der Waals surface area contributed by atoms with E-state index in [0.29, 0.717) is 0 Å². The zero-order chi connectivity index (χ0) is 0. The molecule has 0 heterocycles. The molecule has 0 nitrogen and oxygen atoms in total. The van der Waals surface area contributed by atoms with Crippen molar-refractivity contribution in [1.29, 1.82) is 0 Å². The minimum Gasteiger partial charge on any atom is -0.197 e. The summed E-state index contributed by atoms with van der Waals surface area (Å²) in [6.07, 6.45) is 0. The van der Waals surface area contributed by atoms with Crippen LogP contribution in [0.1, 0.15) is 0 Å². The van der Waals surface area contributed by atoms with Crippen molar-refractivity contribution >= 4 is 27.0 Å². The summed E-state index contributed by atoms with van der Waals surface area (Å²) in [5.74, 6) is 0. The van der Waals surface area contributed by atoms with Crippen molar-refractivity contribution in [3.05, 3.63) is 0 Å². The Labute approximate surface area is 64.7 Å². The van der Waals surface area contributed by atoms with Gasteiger partial charge in [-0.1, -0.05) is 0 Å². The Morgan fingerprint density at radius 2 is 0.750 bits per heavy atom. The van der Waals surface area contributed by atoms with Crippen molar-refractivity contribution in [2.24, 2.45) is 0 Å². The SMILES string of the molecule is S.S.[Cu].[Mo]. The third-order valence-electron chi connectivity index (χ3n) is 0. The molecular formula is H4CuMoS2. The maximum absolute atomic E-state index is 0. The molecule has 0 N–H and O–H groups in total. The van der Waals surface area contributed by atoms with E-state index in [4.69, 9.17) is 0 Å². The summed E-state index contributed by atoms with van der Waals surface area (Å²) in [5, 5.41) is 0. The molecule has 0 aromatic rings. The molecule has 0 saturated heterocycles. The monoisotopic (exact) mass is 229 g/mol. The molecule has 0 bridgehead atoms. The van der Waals surface area contributed by atoms with E-state index in [2.05, 4.69) is 0 Å². The van der Waals surface area contributed by atoms with Gasteiger partial charge >= 0.3 is 0 Å². The van der Waals surface area contributed by atoms with Gasteiger partial charge in [-0.3, -0.25) is 0 Å². The summed E-state index contributed by atoms with van der Waals surface area (Å²) in [6.45, 7) is 0. The van der Waals surface area contributed by atoms with Gasteiger partial charge in [0.2, 0.25) is 0 Å². The van der Waals surface area contributed by atoms with Crippen LogP contribution in [0.2, 0.25) is 0 Å². The van der Waals surface area contributed by atoms with Gasteiger partial charge in [-0.25, -0.2) is 0 Å². The minimum absolute atomic E-state index is 0. The average Bonchev–Trinajstić information content (AvgIpc) is 0. The quantitative estimate of drug-likeness (QED) is 0.520. The summed E-state index contributed by atoms with van der Waals surface area (Å²) in [5.41, 5.74) is 0. The second-order valence-corrected chi connectivity index (χ2v) is 0. The largest absolute Gasteiger partial charge is 0.197 e. The first-order valence-corrected chi connectivity index (χ1v) is 0. The molecule has 4 heavy (non-hydrogen) atoms. The van der Waals surface area contributed by atoms with Crippen LogP contribution in [-0.2, 0) is 38.1 Å². The van der Waals surface area contributed by atoms with E-state index in [1.807, 2.05) is 0 Å². The molecule has 0 aromatic heterocycles. The summed E-state index contributed by atoms with van der Waals surface area (Å²) >= 11 is 0. The predicted octanol–water partition coefficient (Wildman–Crippen LogP) is 0.221. The van der Waals surface area contributed by atoms with Gasteiger partial charge in [0.05, 0.1) is 0 Å². The Kier molecular flexibility index (Phi) is 201. The van der Waals surface area contributed by atoms with Crippen molar-refractivity contribution in [2.45, 2.75) is 0 Å². The predicted molar refractivity (Wildman–Crippen MR) is 20.8 cm³/mol. The third kappa shape index (κ3) is 9.08. The summed E-state index contributed by atoms with van der Waals surface area (Å²) in [4.78, 5) is 0. The normalized spacial score (nSPS) is 0. The third-order valence-corrected chi connectivity index (χ3v) is 0. The van der Waals surface area contributed by atoms with Crippen LogP contribution in [0.3, 0.4) is 0 Å². The Hall–Kier alpha value is 1.91. The van der Waals surface area contributed by atoms with Gasteiger partial charge < -0.3 is 0 Å². The fourth-order valence-electron chi connectivity index (χ4n) is 0. The van der Waals surface area contributed by atoms with E-state index >= 15 is 0 Å².